The van der Waals surface area contributed by atoms with E-state index in [4.69, 9.17) is 9.72 Å². The first-order valence-electron chi connectivity index (χ1n) is 8.98. The number of aromatic nitrogens is 2. The molecule has 2 aromatic rings. The van der Waals surface area contributed by atoms with Crippen LogP contribution < -0.4 is 10.5 Å². The summed E-state index contributed by atoms with van der Waals surface area (Å²) >= 11 is 0. The van der Waals surface area contributed by atoms with Crippen LogP contribution in [-0.4, -0.2) is 51.0 Å². The van der Waals surface area contributed by atoms with Gasteiger partial charge in [0, 0.05) is 31.9 Å². The molecule has 0 amide bonds. The van der Waals surface area contributed by atoms with Crippen LogP contribution in [0.4, 0.5) is 5.95 Å². The smallest absolute Gasteiger partial charge is 0.262 e. The molecule has 146 valence electrons. The molecule has 1 atom stereocenters. The number of morpholine rings is 1. The summed E-state index contributed by atoms with van der Waals surface area (Å²) in [6, 6.07) is 3.76. The van der Waals surface area contributed by atoms with Crippen molar-refractivity contribution in [1.82, 2.24) is 9.55 Å². The number of fused-ring (bicyclic) bond motifs is 1. The van der Waals surface area contributed by atoms with Crippen molar-refractivity contribution in [2.75, 3.05) is 31.2 Å². The van der Waals surface area contributed by atoms with Crippen molar-refractivity contribution in [2.24, 2.45) is 11.4 Å². The molecule has 1 fully saturated rings. The number of benzene rings is 1. The summed E-state index contributed by atoms with van der Waals surface area (Å²) in [5.74, 6) is 0.617. The van der Waals surface area contributed by atoms with E-state index in [1.54, 1.807) is 17.8 Å². The van der Waals surface area contributed by atoms with Gasteiger partial charge >= 0.3 is 0 Å². The maximum Gasteiger partial charge on any atom is 0.262 e. The number of rotatable bonds is 3. The van der Waals surface area contributed by atoms with Crippen LogP contribution in [0.25, 0.3) is 10.9 Å². The first-order valence-corrected chi connectivity index (χ1v) is 10.1. The first-order chi connectivity index (χ1) is 12.7. The predicted molar refractivity (Wildman–Crippen MR) is 110 cm³/mol. The maximum atomic E-state index is 13.0. The van der Waals surface area contributed by atoms with E-state index in [1.165, 1.54) is 0 Å². The van der Waals surface area contributed by atoms with Crippen LogP contribution in [0.2, 0.25) is 0 Å². The minimum atomic E-state index is -1.38. The highest BCUT2D eigenvalue weighted by Crippen LogP contribution is 2.20. The Morgan fingerprint density at radius 3 is 2.56 bits per heavy atom. The second-order valence-corrected chi connectivity index (χ2v) is 9.66. The third-order valence-corrected chi connectivity index (χ3v) is 5.78. The summed E-state index contributed by atoms with van der Waals surface area (Å²) in [4.78, 5) is 19.8. The molecule has 0 spiro atoms. The van der Waals surface area contributed by atoms with Gasteiger partial charge in [0.25, 0.3) is 5.56 Å². The molecule has 0 saturated carbocycles. The molecule has 1 aromatic heterocycles. The number of hydrogen-bond donors (Lipinski definition) is 0. The van der Waals surface area contributed by atoms with E-state index in [2.05, 4.69) is 9.30 Å². The van der Waals surface area contributed by atoms with Gasteiger partial charge in [-0.1, -0.05) is 0 Å². The fourth-order valence-corrected chi connectivity index (χ4v) is 3.47. The average Bonchev–Trinajstić information content (AvgIpc) is 2.62. The fourth-order valence-electron chi connectivity index (χ4n) is 2.95. The van der Waals surface area contributed by atoms with Crippen molar-refractivity contribution in [3.63, 3.8) is 0 Å². The zero-order valence-corrected chi connectivity index (χ0v) is 17.3. The Balaban J connectivity index is 2.16. The standard InChI is InChI=1S/C19H26N4O3S/c1-13-10-14(12-20-27(25)19(2,3)4)16-15(11-13)17(24)22(5)18(21-16)23-6-8-26-9-7-23/h10-12H,6-9H2,1-5H3/t27-/m1/s1. The second kappa shape index (κ2) is 7.52. The van der Waals surface area contributed by atoms with Crippen LogP contribution in [0.15, 0.2) is 21.3 Å². The van der Waals surface area contributed by atoms with Gasteiger partial charge in [0.05, 0.1) is 28.9 Å². The molecule has 0 N–H and O–H groups in total. The number of nitrogens with zero attached hydrogens (tertiary/aromatic N) is 4. The Kier molecular flexibility index (Phi) is 5.48. The highest BCUT2D eigenvalue weighted by molar-refractivity contribution is 7.85. The SMILES string of the molecule is Cc1cc(C=N[S@](=O)C(C)(C)C)c2nc(N3CCOCC3)n(C)c(=O)c2c1. The zero-order chi connectivity index (χ0) is 19.8. The molecule has 1 saturated heterocycles. The zero-order valence-electron chi connectivity index (χ0n) is 16.5. The lowest BCUT2D eigenvalue weighted by Gasteiger charge is -2.29. The van der Waals surface area contributed by atoms with E-state index in [-0.39, 0.29) is 5.56 Å². The fraction of sp³-hybridized carbons (Fsp3) is 0.526. The van der Waals surface area contributed by atoms with Crippen LogP contribution in [0.5, 0.6) is 0 Å². The van der Waals surface area contributed by atoms with Gasteiger partial charge in [-0.05, 0) is 45.4 Å². The third kappa shape index (κ3) is 4.11. The number of aryl methyl sites for hydroxylation is 1. The molecule has 1 aliphatic rings. The molecule has 2 heterocycles. The highest BCUT2D eigenvalue weighted by atomic mass is 32.2. The van der Waals surface area contributed by atoms with Crippen LogP contribution in [0.1, 0.15) is 31.9 Å². The first kappa shape index (κ1) is 19.7. The largest absolute Gasteiger partial charge is 0.378 e. The average molecular weight is 391 g/mol. The van der Waals surface area contributed by atoms with Gasteiger partial charge in [-0.2, -0.15) is 4.40 Å². The minimum Gasteiger partial charge on any atom is -0.378 e. The predicted octanol–water partition coefficient (Wildman–Crippen LogP) is 1.96. The molecule has 1 aromatic carbocycles. The van der Waals surface area contributed by atoms with Crippen molar-refractivity contribution in [3.8, 4) is 0 Å². The molecule has 3 rings (SSSR count). The summed E-state index contributed by atoms with van der Waals surface area (Å²) in [5, 5.41) is 0.539. The Labute approximate surface area is 161 Å². The molecule has 1 aliphatic heterocycles. The van der Waals surface area contributed by atoms with Gasteiger partial charge in [-0.15, -0.1) is 0 Å². The van der Waals surface area contributed by atoms with Crippen LogP contribution in [-0.2, 0) is 22.8 Å². The van der Waals surface area contributed by atoms with Gasteiger partial charge < -0.3 is 9.64 Å². The normalized spacial score (nSPS) is 17.0. The van der Waals surface area contributed by atoms with Crippen LogP contribution >= 0.6 is 0 Å². The molecule has 7 nitrogen and oxygen atoms in total. The van der Waals surface area contributed by atoms with E-state index < -0.39 is 15.7 Å². The van der Waals surface area contributed by atoms with Crippen molar-refractivity contribution >= 4 is 34.1 Å². The van der Waals surface area contributed by atoms with E-state index in [0.717, 1.165) is 5.56 Å². The molecule has 27 heavy (non-hydrogen) atoms. The lowest BCUT2D eigenvalue weighted by atomic mass is 10.1. The molecule has 8 heteroatoms. The lowest BCUT2D eigenvalue weighted by molar-refractivity contribution is 0.121. The number of anilines is 1. The molecule has 0 bridgehead atoms. The second-order valence-electron chi connectivity index (χ2n) is 7.72. The topological polar surface area (TPSA) is 76.8 Å². The van der Waals surface area contributed by atoms with E-state index >= 15 is 0 Å². The highest BCUT2D eigenvalue weighted by Gasteiger charge is 2.20. The molecule has 0 radical (unpaired) electrons. The van der Waals surface area contributed by atoms with Crippen LogP contribution in [0.3, 0.4) is 0 Å². The summed E-state index contributed by atoms with van der Waals surface area (Å²) in [7, 11) is 0.365. The van der Waals surface area contributed by atoms with Gasteiger partial charge in [0.2, 0.25) is 5.95 Å². The summed E-state index contributed by atoms with van der Waals surface area (Å²) in [5.41, 5.74) is 2.12. The molecular weight excluding hydrogens is 364 g/mol. The van der Waals surface area contributed by atoms with Crippen molar-refractivity contribution in [2.45, 2.75) is 32.4 Å². The maximum absolute atomic E-state index is 13.0. The van der Waals surface area contributed by atoms with Crippen molar-refractivity contribution in [3.05, 3.63) is 33.6 Å². The minimum absolute atomic E-state index is 0.100. The molecular formula is C19H26N4O3S. The van der Waals surface area contributed by atoms with Gasteiger partial charge in [-0.25, -0.2) is 9.19 Å². The Hall–Kier alpha value is -2.06. The van der Waals surface area contributed by atoms with Crippen molar-refractivity contribution < 1.29 is 8.95 Å². The van der Waals surface area contributed by atoms with E-state index in [0.29, 0.717) is 48.7 Å². The quantitative estimate of drug-likeness (QED) is 0.749. The Morgan fingerprint density at radius 1 is 1.26 bits per heavy atom. The van der Waals surface area contributed by atoms with Gasteiger partial charge in [0.15, 0.2) is 0 Å². The summed E-state index contributed by atoms with van der Waals surface area (Å²) in [6.07, 6.45) is 1.58. The monoisotopic (exact) mass is 390 g/mol. The summed E-state index contributed by atoms with van der Waals surface area (Å²) in [6.45, 7) is 10.1. The van der Waals surface area contributed by atoms with Gasteiger partial charge in [-0.3, -0.25) is 9.36 Å². The number of hydrogen-bond acceptors (Lipinski definition) is 5. The Bertz CT molecular complexity index is 970. The van der Waals surface area contributed by atoms with Crippen LogP contribution in [0, 0.1) is 6.92 Å². The van der Waals surface area contributed by atoms with E-state index in [9.17, 15) is 9.00 Å². The summed E-state index contributed by atoms with van der Waals surface area (Å²) < 4.78 is 23.1. The van der Waals surface area contributed by atoms with Crippen molar-refractivity contribution in [1.29, 1.82) is 0 Å². The van der Waals surface area contributed by atoms with Gasteiger partial charge in [0.1, 0.15) is 11.0 Å². The van der Waals surface area contributed by atoms with E-state index in [1.807, 2.05) is 39.8 Å². The lowest BCUT2D eigenvalue weighted by Crippen LogP contribution is -2.40. The Morgan fingerprint density at radius 2 is 1.93 bits per heavy atom. The number of ether oxygens (including phenoxy) is 1. The molecule has 0 aliphatic carbocycles. The molecule has 0 unspecified atom stereocenters. The third-order valence-electron chi connectivity index (χ3n) is 4.44.